The van der Waals surface area contributed by atoms with Crippen LogP contribution >= 0.6 is 12.4 Å². The number of amides is 3. The van der Waals surface area contributed by atoms with Crippen LogP contribution in [-0.4, -0.2) is 31.6 Å². The van der Waals surface area contributed by atoms with Gasteiger partial charge in [0.2, 0.25) is 5.91 Å². The summed E-state index contributed by atoms with van der Waals surface area (Å²) < 4.78 is 0. The fourth-order valence-electron chi connectivity index (χ4n) is 3.06. The van der Waals surface area contributed by atoms with Gasteiger partial charge in [0.1, 0.15) is 0 Å². The summed E-state index contributed by atoms with van der Waals surface area (Å²) in [4.78, 5) is 23.8. The number of hydrogen-bond acceptors (Lipinski definition) is 3. The van der Waals surface area contributed by atoms with Gasteiger partial charge in [0.05, 0.1) is 0 Å². The lowest BCUT2D eigenvalue weighted by Crippen LogP contribution is -2.32. The molecule has 0 aromatic heterocycles. The number of piperidine rings is 1. The summed E-state index contributed by atoms with van der Waals surface area (Å²) in [6.45, 7) is 8.21. The lowest BCUT2D eigenvalue weighted by Gasteiger charge is -2.27. The van der Waals surface area contributed by atoms with Crippen molar-refractivity contribution in [2.45, 2.75) is 26.2 Å². The molecule has 4 N–H and O–H groups in total. The molecule has 1 aromatic carbocycles. The lowest BCUT2D eigenvalue weighted by molar-refractivity contribution is -0.117. The van der Waals surface area contributed by atoms with E-state index in [-0.39, 0.29) is 24.3 Å². The molecule has 1 aromatic rings. The van der Waals surface area contributed by atoms with Crippen molar-refractivity contribution in [2.75, 3.05) is 30.3 Å². The highest BCUT2D eigenvalue weighted by atomic mass is 35.5. The van der Waals surface area contributed by atoms with E-state index in [0.29, 0.717) is 30.5 Å². The van der Waals surface area contributed by atoms with Gasteiger partial charge in [0.25, 0.3) is 0 Å². The number of carbonyl (C=O) groups is 2. The summed E-state index contributed by atoms with van der Waals surface area (Å²) in [5.41, 5.74) is 1.40. The lowest BCUT2D eigenvalue weighted by atomic mass is 9.84. The molecule has 0 radical (unpaired) electrons. The fraction of sp³-hybridized carbons (Fsp3) is 0.474. The molecule has 1 heterocycles. The number of nitrogens with one attached hydrogen (secondary N) is 4. The number of halogens is 1. The summed E-state index contributed by atoms with van der Waals surface area (Å²) >= 11 is 0. The molecule has 1 fully saturated rings. The predicted octanol–water partition coefficient (Wildman–Crippen LogP) is 3.38. The molecule has 1 saturated heterocycles. The van der Waals surface area contributed by atoms with Crippen molar-refractivity contribution >= 4 is 35.7 Å². The number of benzene rings is 1. The van der Waals surface area contributed by atoms with Crippen molar-refractivity contribution in [1.82, 2.24) is 10.6 Å². The first-order valence-corrected chi connectivity index (χ1v) is 8.85. The molecule has 0 aliphatic carbocycles. The minimum Gasteiger partial charge on any atom is -0.334 e. The molecule has 6 nitrogen and oxygen atoms in total. The molecule has 7 heteroatoms. The molecular weight excluding hydrogens is 352 g/mol. The largest absolute Gasteiger partial charge is 0.334 e. The van der Waals surface area contributed by atoms with Gasteiger partial charge >= 0.3 is 6.03 Å². The Morgan fingerprint density at radius 3 is 2.35 bits per heavy atom. The Morgan fingerprint density at radius 1 is 1.19 bits per heavy atom. The molecule has 3 amide bonds. The Balaban J connectivity index is 0.00000338. The van der Waals surface area contributed by atoms with Crippen LogP contribution in [0.3, 0.4) is 0 Å². The molecule has 0 bridgehead atoms. The van der Waals surface area contributed by atoms with Gasteiger partial charge in [0.15, 0.2) is 0 Å². The Bertz CT molecular complexity index is 586. The van der Waals surface area contributed by atoms with Crippen molar-refractivity contribution < 1.29 is 9.59 Å². The number of carbonyl (C=O) groups excluding carboxylic acids is 2. The van der Waals surface area contributed by atoms with E-state index in [0.717, 1.165) is 31.6 Å². The molecule has 2 rings (SSSR count). The van der Waals surface area contributed by atoms with Crippen molar-refractivity contribution in [1.29, 1.82) is 0 Å². The Labute approximate surface area is 161 Å². The Hall–Kier alpha value is -2.05. The first-order chi connectivity index (χ1) is 12.1. The molecule has 1 aliphatic heterocycles. The number of hydrogen-bond donors (Lipinski definition) is 4. The smallest absolute Gasteiger partial charge is 0.319 e. The van der Waals surface area contributed by atoms with Crippen LogP contribution in [0.15, 0.2) is 36.9 Å². The third-order valence-corrected chi connectivity index (χ3v) is 4.53. The van der Waals surface area contributed by atoms with Crippen molar-refractivity contribution in [3.05, 3.63) is 36.9 Å². The van der Waals surface area contributed by atoms with Gasteiger partial charge in [-0.1, -0.05) is 13.0 Å². The molecular formula is C19H29ClN4O2. The number of anilines is 2. The highest BCUT2D eigenvalue weighted by Crippen LogP contribution is 2.24. The first-order valence-electron chi connectivity index (χ1n) is 8.85. The second-order valence-corrected chi connectivity index (χ2v) is 6.52. The maximum atomic E-state index is 12.2. The first kappa shape index (κ1) is 22.0. The zero-order valence-corrected chi connectivity index (χ0v) is 16.0. The van der Waals surface area contributed by atoms with Crippen molar-refractivity contribution in [2.24, 2.45) is 11.8 Å². The van der Waals surface area contributed by atoms with Gasteiger partial charge in [-0.2, -0.15) is 0 Å². The molecule has 0 spiro atoms. The SMILES string of the molecule is C=CCNC(=O)Nc1ccc(NC(=O)CC(C)C2CCNCC2)cc1.Cl. The summed E-state index contributed by atoms with van der Waals surface area (Å²) in [5, 5.41) is 11.6. The zero-order chi connectivity index (χ0) is 18.1. The molecule has 1 aliphatic rings. The molecule has 1 atom stereocenters. The van der Waals surface area contributed by atoms with E-state index >= 15 is 0 Å². The summed E-state index contributed by atoms with van der Waals surface area (Å²) in [5.74, 6) is 1.04. The summed E-state index contributed by atoms with van der Waals surface area (Å²) in [6, 6.07) is 6.82. The highest BCUT2D eigenvalue weighted by Gasteiger charge is 2.21. The van der Waals surface area contributed by atoms with E-state index in [4.69, 9.17) is 0 Å². The van der Waals surface area contributed by atoms with E-state index in [1.807, 2.05) is 0 Å². The molecule has 0 saturated carbocycles. The van der Waals surface area contributed by atoms with Gasteiger partial charge < -0.3 is 21.3 Å². The zero-order valence-electron chi connectivity index (χ0n) is 15.2. The van der Waals surface area contributed by atoms with Crippen LogP contribution in [0, 0.1) is 11.8 Å². The molecule has 1 unspecified atom stereocenters. The van der Waals surface area contributed by atoms with Crippen molar-refractivity contribution in [3.8, 4) is 0 Å². The Kier molecular flexibility index (Phi) is 9.76. The minimum absolute atomic E-state index is 0. The van der Waals surface area contributed by atoms with Gasteiger partial charge in [-0.15, -0.1) is 19.0 Å². The number of urea groups is 1. The van der Waals surface area contributed by atoms with Gasteiger partial charge in [-0.05, 0) is 62.0 Å². The molecule has 144 valence electrons. The average Bonchev–Trinajstić information content (AvgIpc) is 2.62. The van der Waals surface area contributed by atoms with Crippen LogP contribution in [0.4, 0.5) is 16.2 Å². The van der Waals surface area contributed by atoms with Crippen molar-refractivity contribution in [3.63, 3.8) is 0 Å². The Morgan fingerprint density at radius 2 is 1.77 bits per heavy atom. The highest BCUT2D eigenvalue weighted by molar-refractivity contribution is 5.92. The fourth-order valence-corrected chi connectivity index (χ4v) is 3.06. The minimum atomic E-state index is -0.285. The van der Waals surface area contributed by atoms with Crippen LogP contribution in [0.5, 0.6) is 0 Å². The third kappa shape index (κ3) is 7.45. The van der Waals surface area contributed by atoms with Gasteiger partial charge in [-0.25, -0.2) is 4.79 Å². The predicted molar refractivity (Wildman–Crippen MR) is 109 cm³/mol. The maximum Gasteiger partial charge on any atom is 0.319 e. The van der Waals surface area contributed by atoms with E-state index in [2.05, 4.69) is 34.8 Å². The van der Waals surface area contributed by atoms with Crippen LogP contribution in [0.25, 0.3) is 0 Å². The standard InChI is InChI=1S/C19H28N4O2.ClH/c1-3-10-21-19(25)23-17-6-4-16(5-7-17)22-18(24)13-14(2)15-8-11-20-12-9-15;/h3-7,14-15,20H,1,8-13H2,2H3,(H,22,24)(H2,21,23,25);1H. The maximum absolute atomic E-state index is 12.2. The quantitative estimate of drug-likeness (QED) is 0.547. The van der Waals surface area contributed by atoms with E-state index < -0.39 is 0 Å². The summed E-state index contributed by atoms with van der Waals surface area (Å²) in [7, 11) is 0. The van der Waals surface area contributed by atoms with E-state index in [9.17, 15) is 9.59 Å². The molecule has 26 heavy (non-hydrogen) atoms. The van der Waals surface area contributed by atoms with Crippen LogP contribution < -0.4 is 21.3 Å². The normalized spacial score (nSPS) is 15.3. The van der Waals surface area contributed by atoms with Crippen LogP contribution in [-0.2, 0) is 4.79 Å². The van der Waals surface area contributed by atoms with Crippen LogP contribution in [0.2, 0.25) is 0 Å². The second-order valence-electron chi connectivity index (χ2n) is 6.52. The van der Waals surface area contributed by atoms with E-state index in [1.54, 1.807) is 30.3 Å². The second kappa shape index (κ2) is 11.5. The van der Waals surface area contributed by atoms with E-state index in [1.165, 1.54) is 0 Å². The number of rotatable bonds is 7. The monoisotopic (exact) mass is 380 g/mol. The average molecular weight is 381 g/mol. The summed E-state index contributed by atoms with van der Waals surface area (Å²) in [6.07, 6.45) is 4.43. The topological polar surface area (TPSA) is 82.3 Å². The van der Waals surface area contributed by atoms with Gasteiger partial charge in [0, 0.05) is 24.3 Å². The van der Waals surface area contributed by atoms with Gasteiger partial charge in [-0.3, -0.25) is 4.79 Å². The van der Waals surface area contributed by atoms with Crippen LogP contribution in [0.1, 0.15) is 26.2 Å². The third-order valence-electron chi connectivity index (χ3n) is 4.53.